The van der Waals surface area contributed by atoms with Crippen LogP contribution in [0, 0.1) is 6.92 Å². The van der Waals surface area contributed by atoms with Crippen LogP contribution < -0.4 is 4.74 Å². The number of halogens is 3. The highest BCUT2D eigenvalue weighted by Gasteiger charge is 2.30. The van der Waals surface area contributed by atoms with E-state index in [2.05, 4.69) is 4.74 Å². The normalized spacial score (nSPS) is 11.2. The van der Waals surface area contributed by atoms with Crippen molar-refractivity contribution < 1.29 is 27.4 Å². The fourth-order valence-corrected chi connectivity index (χ4v) is 2.05. The van der Waals surface area contributed by atoms with Crippen molar-refractivity contribution in [2.45, 2.75) is 19.7 Å². The highest BCUT2D eigenvalue weighted by Crippen LogP contribution is 2.32. The maximum Gasteiger partial charge on any atom is 0.416 e. The summed E-state index contributed by atoms with van der Waals surface area (Å²) < 4.78 is 48.0. The number of methoxy groups -OCH3 is 1. The van der Waals surface area contributed by atoms with Gasteiger partial charge in [-0.05, 0) is 48.4 Å². The molecule has 0 atom stereocenters. The summed E-state index contributed by atoms with van der Waals surface area (Å²) in [7, 11) is 1.29. The molecule has 0 aromatic heterocycles. The summed E-state index contributed by atoms with van der Waals surface area (Å²) in [4.78, 5) is 11.5. The first-order valence-corrected chi connectivity index (χ1v) is 6.79. The molecular weight excluding hydrogens is 309 g/mol. The number of rotatable bonds is 4. The predicted octanol–water partition coefficient (Wildman–Crippen LogP) is 4.38. The van der Waals surface area contributed by atoms with E-state index in [0.717, 1.165) is 12.1 Å². The van der Waals surface area contributed by atoms with Crippen molar-refractivity contribution in [3.63, 3.8) is 0 Å². The van der Waals surface area contributed by atoms with E-state index < -0.39 is 17.7 Å². The van der Waals surface area contributed by atoms with Gasteiger partial charge in [-0.25, -0.2) is 4.79 Å². The zero-order valence-electron chi connectivity index (χ0n) is 12.6. The van der Waals surface area contributed by atoms with E-state index in [1.54, 1.807) is 31.2 Å². The highest BCUT2D eigenvalue weighted by atomic mass is 19.4. The minimum atomic E-state index is -4.38. The molecule has 2 aromatic rings. The molecule has 0 heterocycles. The van der Waals surface area contributed by atoms with Crippen molar-refractivity contribution in [2.75, 3.05) is 7.11 Å². The maximum atomic E-state index is 12.6. The molecule has 0 aliphatic rings. The van der Waals surface area contributed by atoms with E-state index in [4.69, 9.17) is 4.74 Å². The Bertz CT molecular complexity index is 708. The highest BCUT2D eigenvalue weighted by molar-refractivity contribution is 5.89. The van der Waals surface area contributed by atoms with Gasteiger partial charge in [0.2, 0.25) is 0 Å². The standard InChI is InChI=1S/C17H15F3O3/c1-11-8-14(17(18,19)20)6-7-15(11)23-10-12-4-3-5-13(9-12)16(21)22-2/h3-9H,10H2,1-2H3. The Morgan fingerprint density at radius 2 is 1.87 bits per heavy atom. The summed E-state index contributed by atoms with van der Waals surface area (Å²) in [6.07, 6.45) is -4.38. The van der Waals surface area contributed by atoms with Crippen molar-refractivity contribution in [2.24, 2.45) is 0 Å². The first-order chi connectivity index (χ1) is 10.8. The Morgan fingerprint density at radius 3 is 2.48 bits per heavy atom. The average molecular weight is 324 g/mol. The van der Waals surface area contributed by atoms with Crippen LogP contribution >= 0.6 is 0 Å². The lowest BCUT2D eigenvalue weighted by Crippen LogP contribution is -2.06. The number of hydrogen-bond donors (Lipinski definition) is 0. The van der Waals surface area contributed by atoms with Crippen LogP contribution in [0.4, 0.5) is 13.2 Å². The first-order valence-electron chi connectivity index (χ1n) is 6.79. The third kappa shape index (κ3) is 4.25. The molecule has 0 radical (unpaired) electrons. The van der Waals surface area contributed by atoms with Crippen LogP contribution in [-0.2, 0) is 17.5 Å². The van der Waals surface area contributed by atoms with E-state index in [-0.39, 0.29) is 6.61 Å². The molecule has 0 fully saturated rings. The molecule has 0 bridgehead atoms. The van der Waals surface area contributed by atoms with Crippen LogP contribution in [0.5, 0.6) is 5.75 Å². The minimum absolute atomic E-state index is 0.136. The van der Waals surface area contributed by atoms with E-state index in [0.29, 0.717) is 22.4 Å². The summed E-state index contributed by atoms with van der Waals surface area (Å²) in [5, 5.41) is 0. The molecule has 23 heavy (non-hydrogen) atoms. The SMILES string of the molecule is COC(=O)c1cccc(COc2ccc(C(F)(F)F)cc2C)c1. The Labute approximate surface area is 131 Å². The number of hydrogen-bond acceptors (Lipinski definition) is 3. The molecule has 122 valence electrons. The van der Waals surface area contributed by atoms with E-state index in [1.807, 2.05) is 0 Å². The third-order valence-corrected chi connectivity index (χ3v) is 3.24. The number of ether oxygens (including phenoxy) is 2. The van der Waals surface area contributed by atoms with Crippen molar-refractivity contribution in [1.29, 1.82) is 0 Å². The van der Waals surface area contributed by atoms with Crippen molar-refractivity contribution >= 4 is 5.97 Å². The monoisotopic (exact) mass is 324 g/mol. The summed E-state index contributed by atoms with van der Waals surface area (Å²) >= 11 is 0. The smallest absolute Gasteiger partial charge is 0.416 e. The maximum absolute atomic E-state index is 12.6. The van der Waals surface area contributed by atoms with E-state index >= 15 is 0 Å². The van der Waals surface area contributed by atoms with Gasteiger partial charge in [-0.15, -0.1) is 0 Å². The molecule has 0 spiro atoms. The van der Waals surface area contributed by atoms with Crippen LogP contribution in [0.25, 0.3) is 0 Å². The van der Waals surface area contributed by atoms with Gasteiger partial charge in [-0.1, -0.05) is 12.1 Å². The topological polar surface area (TPSA) is 35.5 Å². The summed E-state index contributed by atoms with van der Waals surface area (Å²) in [5.41, 5.74) is 0.781. The molecule has 0 saturated carbocycles. The molecule has 0 saturated heterocycles. The summed E-state index contributed by atoms with van der Waals surface area (Å²) in [6, 6.07) is 9.98. The van der Waals surface area contributed by atoms with Crippen LogP contribution in [0.3, 0.4) is 0 Å². The molecule has 2 aromatic carbocycles. The van der Waals surface area contributed by atoms with E-state index in [1.165, 1.54) is 13.2 Å². The van der Waals surface area contributed by atoms with Gasteiger partial charge >= 0.3 is 12.1 Å². The molecule has 6 heteroatoms. The van der Waals surface area contributed by atoms with Crippen LogP contribution in [0.1, 0.15) is 27.0 Å². The lowest BCUT2D eigenvalue weighted by atomic mass is 10.1. The van der Waals surface area contributed by atoms with Gasteiger partial charge in [0.15, 0.2) is 0 Å². The zero-order chi connectivity index (χ0) is 17.0. The zero-order valence-corrected chi connectivity index (χ0v) is 12.6. The number of carbonyl (C=O) groups is 1. The van der Waals surface area contributed by atoms with Crippen LogP contribution in [0.15, 0.2) is 42.5 Å². The summed E-state index contributed by atoms with van der Waals surface area (Å²) in [5.74, 6) is -0.0981. The third-order valence-electron chi connectivity index (χ3n) is 3.24. The number of alkyl halides is 3. The quantitative estimate of drug-likeness (QED) is 0.783. The van der Waals surface area contributed by atoms with E-state index in [9.17, 15) is 18.0 Å². The Hall–Kier alpha value is -2.50. The minimum Gasteiger partial charge on any atom is -0.489 e. The molecular formula is C17H15F3O3. The Kier molecular flexibility index (Phi) is 4.93. The summed E-state index contributed by atoms with van der Waals surface area (Å²) in [6.45, 7) is 1.69. The van der Waals surface area contributed by atoms with Crippen LogP contribution in [-0.4, -0.2) is 13.1 Å². The molecule has 3 nitrogen and oxygen atoms in total. The molecule has 0 aliphatic carbocycles. The number of esters is 1. The predicted molar refractivity (Wildman–Crippen MR) is 78.3 cm³/mol. The molecule has 0 unspecified atom stereocenters. The van der Waals surface area contributed by atoms with Gasteiger partial charge in [0, 0.05) is 0 Å². The second kappa shape index (κ2) is 6.73. The van der Waals surface area contributed by atoms with Gasteiger partial charge in [0.1, 0.15) is 12.4 Å². The largest absolute Gasteiger partial charge is 0.489 e. The fraction of sp³-hybridized carbons (Fsp3) is 0.235. The Balaban J connectivity index is 2.11. The molecule has 0 amide bonds. The molecule has 2 rings (SSSR count). The van der Waals surface area contributed by atoms with Gasteiger partial charge in [-0.2, -0.15) is 13.2 Å². The fourth-order valence-electron chi connectivity index (χ4n) is 2.05. The molecule has 0 aliphatic heterocycles. The van der Waals surface area contributed by atoms with Gasteiger partial charge in [-0.3, -0.25) is 0 Å². The average Bonchev–Trinajstić information content (AvgIpc) is 2.52. The van der Waals surface area contributed by atoms with Gasteiger partial charge < -0.3 is 9.47 Å². The Morgan fingerprint density at radius 1 is 1.13 bits per heavy atom. The van der Waals surface area contributed by atoms with Gasteiger partial charge in [0.25, 0.3) is 0 Å². The first kappa shape index (κ1) is 16.9. The van der Waals surface area contributed by atoms with Gasteiger partial charge in [0.05, 0.1) is 18.2 Å². The van der Waals surface area contributed by atoms with Crippen molar-refractivity contribution in [3.05, 3.63) is 64.7 Å². The lowest BCUT2D eigenvalue weighted by Gasteiger charge is -2.12. The van der Waals surface area contributed by atoms with Crippen LogP contribution in [0.2, 0.25) is 0 Å². The van der Waals surface area contributed by atoms with Crippen molar-refractivity contribution in [3.8, 4) is 5.75 Å². The molecule has 0 N–H and O–H groups in total. The van der Waals surface area contributed by atoms with Crippen molar-refractivity contribution in [1.82, 2.24) is 0 Å². The lowest BCUT2D eigenvalue weighted by molar-refractivity contribution is -0.137. The number of benzene rings is 2. The second-order valence-corrected chi connectivity index (χ2v) is 4.96. The second-order valence-electron chi connectivity index (χ2n) is 4.96. The number of carbonyl (C=O) groups excluding carboxylic acids is 1. The number of aryl methyl sites for hydroxylation is 1.